The number of amides is 2. The summed E-state index contributed by atoms with van der Waals surface area (Å²) in [5.41, 5.74) is 1.24. The topological polar surface area (TPSA) is 69.7 Å². The molecule has 0 bridgehead atoms. The van der Waals surface area contributed by atoms with E-state index in [0.717, 1.165) is 6.42 Å². The molecule has 1 aromatic heterocycles. The van der Waals surface area contributed by atoms with Gasteiger partial charge >= 0.3 is 6.03 Å². The third kappa shape index (κ3) is 4.29. The number of fused-ring (bicyclic) bond motifs is 1. The lowest BCUT2D eigenvalue weighted by molar-refractivity contribution is 0.172. The Morgan fingerprint density at radius 2 is 1.66 bits per heavy atom. The highest BCUT2D eigenvalue weighted by molar-refractivity contribution is 7.89. The molecule has 2 heterocycles. The number of carbonyl (C=O) groups excluding carboxylic acids is 1. The smallest absolute Gasteiger partial charge is 0.317 e. The van der Waals surface area contributed by atoms with Crippen molar-refractivity contribution in [3.63, 3.8) is 0 Å². The Balaban J connectivity index is 1.28. The van der Waals surface area contributed by atoms with Gasteiger partial charge in [-0.15, -0.1) is 11.3 Å². The van der Waals surface area contributed by atoms with E-state index in [4.69, 9.17) is 0 Å². The third-order valence-electron chi connectivity index (χ3n) is 5.14. The van der Waals surface area contributed by atoms with Crippen molar-refractivity contribution in [1.29, 1.82) is 0 Å². The highest BCUT2D eigenvalue weighted by Gasteiger charge is 2.29. The number of nitrogens with zero attached hydrogens (tertiary/aromatic N) is 2. The van der Waals surface area contributed by atoms with Crippen molar-refractivity contribution in [2.24, 2.45) is 0 Å². The number of thiophene rings is 1. The lowest BCUT2D eigenvalue weighted by atomic mass is 10.1. The molecule has 1 fully saturated rings. The van der Waals surface area contributed by atoms with E-state index in [0.29, 0.717) is 37.6 Å². The zero-order valence-corrected chi connectivity index (χ0v) is 17.6. The van der Waals surface area contributed by atoms with E-state index in [1.807, 2.05) is 12.1 Å². The molecule has 2 aromatic carbocycles. The SMILES string of the molecule is O=C(NCCc1csc2ccccc12)N1CCN(S(=O)(=O)c2ccccc2)CC1. The van der Waals surface area contributed by atoms with E-state index >= 15 is 0 Å². The van der Waals surface area contributed by atoms with Crippen molar-refractivity contribution in [2.45, 2.75) is 11.3 Å². The molecule has 0 aliphatic carbocycles. The highest BCUT2D eigenvalue weighted by Crippen LogP contribution is 2.25. The van der Waals surface area contributed by atoms with Crippen molar-refractivity contribution >= 4 is 37.5 Å². The first-order chi connectivity index (χ1) is 14.1. The van der Waals surface area contributed by atoms with Crippen LogP contribution in [0.2, 0.25) is 0 Å². The van der Waals surface area contributed by atoms with Gasteiger partial charge in [0.15, 0.2) is 0 Å². The summed E-state index contributed by atoms with van der Waals surface area (Å²) < 4.78 is 28.1. The van der Waals surface area contributed by atoms with Crippen LogP contribution in [0.15, 0.2) is 64.9 Å². The van der Waals surface area contributed by atoms with Gasteiger partial charge in [-0.25, -0.2) is 13.2 Å². The Kier molecular flexibility index (Phi) is 5.84. The van der Waals surface area contributed by atoms with Crippen LogP contribution in [0.4, 0.5) is 4.79 Å². The average Bonchev–Trinajstić information content (AvgIpc) is 3.17. The van der Waals surface area contributed by atoms with Gasteiger partial charge in [-0.05, 0) is 40.9 Å². The first kappa shape index (κ1) is 19.9. The molecule has 1 saturated heterocycles. The number of piperazine rings is 1. The summed E-state index contributed by atoms with van der Waals surface area (Å²) in [6.07, 6.45) is 0.776. The number of nitrogens with one attached hydrogen (secondary N) is 1. The number of hydrogen-bond acceptors (Lipinski definition) is 4. The minimum absolute atomic E-state index is 0.138. The molecule has 0 atom stereocenters. The fraction of sp³-hybridized carbons (Fsp3) is 0.286. The maximum Gasteiger partial charge on any atom is 0.317 e. The van der Waals surface area contributed by atoms with Crippen molar-refractivity contribution in [3.05, 3.63) is 65.5 Å². The van der Waals surface area contributed by atoms with E-state index in [9.17, 15) is 13.2 Å². The summed E-state index contributed by atoms with van der Waals surface area (Å²) in [6.45, 7) is 1.94. The standard InChI is InChI=1S/C21H23N3O3S2/c25-21(22-11-10-17-16-28-20-9-5-4-8-19(17)20)23-12-14-24(15-13-23)29(26,27)18-6-2-1-3-7-18/h1-9,16H,10-15H2,(H,22,25). The van der Waals surface area contributed by atoms with Crippen LogP contribution in [0.3, 0.4) is 0 Å². The van der Waals surface area contributed by atoms with Crippen LogP contribution < -0.4 is 5.32 Å². The van der Waals surface area contributed by atoms with Crippen LogP contribution in [0.1, 0.15) is 5.56 Å². The quantitative estimate of drug-likeness (QED) is 0.677. The van der Waals surface area contributed by atoms with E-state index < -0.39 is 10.0 Å². The van der Waals surface area contributed by atoms with Gasteiger partial charge in [-0.1, -0.05) is 36.4 Å². The van der Waals surface area contributed by atoms with Gasteiger partial charge in [0, 0.05) is 37.4 Å². The van der Waals surface area contributed by atoms with Crippen LogP contribution in [-0.2, 0) is 16.4 Å². The molecule has 6 nitrogen and oxygen atoms in total. The lowest BCUT2D eigenvalue weighted by Gasteiger charge is -2.34. The molecular formula is C21H23N3O3S2. The van der Waals surface area contributed by atoms with E-state index in [1.165, 1.54) is 20.0 Å². The van der Waals surface area contributed by atoms with Gasteiger partial charge in [0.05, 0.1) is 4.90 Å². The number of hydrogen-bond donors (Lipinski definition) is 1. The van der Waals surface area contributed by atoms with E-state index in [-0.39, 0.29) is 6.03 Å². The largest absolute Gasteiger partial charge is 0.338 e. The van der Waals surface area contributed by atoms with Crippen molar-refractivity contribution in [1.82, 2.24) is 14.5 Å². The number of benzene rings is 2. The zero-order valence-electron chi connectivity index (χ0n) is 16.0. The number of rotatable bonds is 5. The van der Waals surface area contributed by atoms with Crippen LogP contribution in [0.25, 0.3) is 10.1 Å². The minimum Gasteiger partial charge on any atom is -0.338 e. The molecule has 2 amide bonds. The molecular weight excluding hydrogens is 406 g/mol. The van der Waals surface area contributed by atoms with Crippen LogP contribution in [-0.4, -0.2) is 56.4 Å². The first-order valence-corrected chi connectivity index (χ1v) is 11.9. The summed E-state index contributed by atoms with van der Waals surface area (Å²) in [4.78, 5) is 14.4. The molecule has 0 spiro atoms. The monoisotopic (exact) mass is 429 g/mol. The highest BCUT2D eigenvalue weighted by atomic mass is 32.2. The summed E-state index contributed by atoms with van der Waals surface area (Å²) in [5.74, 6) is 0. The Morgan fingerprint density at radius 3 is 2.41 bits per heavy atom. The Hall–Kier alpha value is -2.42. The molecule has 152 valence electrons. The molecule has 1 N–H and O–H groups in total. The molecule has 1 aliphatic heterocycles. The predicted molar refractivity (Wildman–Crippen MR) is 116 cm³/mol. The van der Waals surface area contributed by atoms with E-state index in [2.05, 4.69) is 22.8 Å². The Morgan fingerprint density at radius 1 is 0.966 bits per heavy atom. The molecule has 3 aromatic rings. The Bertz CT molecular complexity index is 1090. The molecule has 0 saturated carbocycles. The molecule has 1 aliphatic rings. The fourth-order valence-electron chi connectivity index (χ4n) is 3.52. The second-order valence-corrected chi connectivity index (χ2v) is 9.79. The van der Waals surface area contributed by atoms with Gasteiger partial charge in [-0.2, -0.15) is 4.31 Å². The van der Waals surface area contributed by atoms with Gasteiger partial charge in [0.2, 0.25) is 10.0 Å². The van der Waals surface area contributed by atoms with Gasteiger partial charge in [-0.3, -0.25) is 0 Å². The summed E-state index contributed by atoms with van der Waals surface area (Å²) in [7, 11) is -3.50. The third-order valence-corrected chi connectivity index (χ3v) is 8.06. The number of carbonyl (C=O) groups is 1. The van der Waals surface area contributed by atoms with Crippen molar-refractivity contribution < 1.29 is 13.2 Å². The van der Waals surface area contributed by atoms with Gasteiger partial charge < -0.3 is 10.2 Å². The number of sulfonamides is 1. The predicted octanol–water partition coefficient (Wildman–Crippen LogP) is 3.16. The van der Waals surface area contributed by atoms with Crippen LogP contribution in [0, 0.1) is 0 Å². The van der Waals surface area contributed by atoms with Crippen LogP contribution in [0.5, 0.6) is 0 Å². The molecule has 0 unspecified atom stereocenters. The Labute approximate surface area is 174 Å². The van der Waals surface area contributed by atoms with Crippen LogP contribution >= 0.6 is 11.3 Å². The van der Waals surface area contributed by atoms with E-state index in [1.54, 1.807) is 46.6 Å². The van der Waals surface area contributed by atoms with Gasteiger partial charge in [0.1, 0.15) is 0 Å². The fourth-order valence-corrected chi connectivity index (χ4v) is 5.96. The second-order valence-electron chi connectivity index (χ2n) is 6.94. The summed E-state index contributed by atoms with van der Waals surface area (Å²) >= 11 is 1.72. The summed E-state index contributed by atoms with van der Waals surface area (Å²) in [6, 6.07) is 16.6. The molecule has 4 rings (SSSR count). The molecule has 0 radical (unpaired) electrons. The van der Waals surface area contributed by atoms with Gasteiger partial charge in [0.25, 0.3) is 0 Å². The second kappa shape index (κ2) is 8.52. The summed E-state index contributed by atoms with van der Waals surface area (Å²) in [5, 5.41) is 6.35. The van der Waals surface area contributed by atoms with Crippen molar-refractivity contribution in [2.75, 3.05) is 32.7 Å². The van der Waals surface area contributed by atoms with Crippen molar-refractivity contribution in [3.8, 4) is 0 Å². The average molecular weight is 430 g/mol. The minimum atomic E-state index is -3.50. The number of urea groups is 1. The maximum atomic E-state index is 12.7. The lowest BCUT2D eigenvalue weighted by Crippen LogP contribution is -2.53. The normalized spacial score (nSPS) is 15.5. The maximum absolute atomic E-state index is 12.7. The first-order valence-electron chi connectivity index (χ1n) is 9.59. The molecule has 8 heteroatoms. The zero-order chi connectivity index (χ0) is 20.3. The molecule has 29 heavy (non-hydrogen) atoms.